The number of benzene rings is 2. The van der Waals surface area contributed by atoms with Crippen molar-refractivity contribution in [1.82, 2.24) is 4.90 Å². The molecule has 2 aromatic rings. The van der Waals surface area contributed by atoms with E-state index < -0.39 is 0 Å². The lowest BCUT2D eigenvalue weighted by Gasteiger charge is -2.15. The molecule has 2 N–H and O–H groups in total. The summed E-state index contributed by atoms with van der Waals surface area (Å²) in [6, 6.07) is 15.3. The standard InChI is InChI=1S/C19H22N2O2/c20-18-9-8-16(23-14-15-6-2-1-3-7-15)12-17(18)19(22)13-21-10-4-5-11-21/h1-3,6-9,12H,4-5,10-11,13-14,20H2. The predicted octanol–water partition coefficient (Wildman–Crippen LogP) is 3.13. The van der Waals surface area contributed by atoms with Crippen LogP contribution in [0.1, 0.15) is 28.8 Å². The van der Waals surface area contributed by atoms with Gasteiger partial charge in [-0.15, -0.1) is 0 Å². The molecule has 1 aliphatic heterocycles. The summed E-state index contributed by atoms with van der Waals surface area (Å²) in [5.41, 5.74) is 8.14. The molecule has 4 nitrogen and oxygen atoms in total. The molecule has 4 heteroatoms. The largest absolute Gasteiger partial charge is 0.489 e. The molecule has 0 saturated carbocycles. The molecule has 1 aliphatic rings. The normalized spacial score (nSPS) is 14.8. The smallest absolute Gasteiger partial charge is 0.179 e. The van der Waals surface area contributed by atoms with Crippen molar-refractivity contribution in [3.8, 4) is 5.75 Å². The topological polar surface area (TPSA) is 55.6 Å². The molecule has 1 heterocycles. The second kappa shape index (κ2) is 7.29. The summed E-state index contributed by atoms with van der Waals surface area (Å²) in [5.74, 6) is 0.738. The van der Waals surface area contributed by atoms with E-state index in [1.54, 1.807) is 12.1 Å². The minimum atomic E-state index is 0.0644. The first-order valence-electron chi connectivity index (χ1n) is 8.04. The van der Waals surface area contributed by atoms with Crippen LogP contribution in [0.2, 0.25) is 0 Å². The summed E-state index contributed by atoms with van der Waals surface area (Å²) in [7, 11) is 0. The third-order valence-corrected chi connectivity index (χ3v) is 4.14. The Kier molecular flexibility index (Phi) is 4.93. The maximum absolute atomic E-state index is 12.5. The van der Waals surface area contributed by atoms with Gasteiger partial charge >= 0.3 is 0 Å². The van der Waals surface area contributed by atoms with Crippen molar-refractivity contribution >= 4 is 11.5 Å². The summed E-state index contributed by atoms with van der Waals surface area (Å²) < 4.78 is 5.79. The van der Waals surface area contributed by atoms with Crippen molar-refractivity contribution in [3.05, 3.63) is 59.7 Å². The number of hydrogen-bond donors (Lipinski definition) is 1. The van der Waals surface area contributed by atoms with Gasteiger partial charge in [0.05, 0.1) is 6.54 Å². The van der Waals surface area contributed by atoms with Crippen LogP contribution in [0.5, 0.6) is 5.75 Å². The fourth-order valence-corrected chi connectivity index (χ4v) is 2.84. The van der Waals surface area contributed by atoms with Crippen LogP contribution in [-0.4, -0.2) is 30.3 Å². The highest BCUT2D eigenvalue weighted by molar-refractivity contribution is 6.02. The molecule has 3 rings (SSSR count). The van der Waals surface area contributed by atoms with Gasteiger partial charge < -0.3 is 10.5 Å². The Morgan fingerprint density at radius 2 is 1.83 bits per heavy atom. The molecule has 0 atom stereocenters. The van der Waals surface area contributed by atoms with Gasteiger partial charge in [-0.25, -0.2) is 0 Å². The first-order valence-corrected chi connectivity index (χ1v) is 8.04. The number of carbonyl (C=O) groups excluding carboxylic acids is 1. The lowest BCUT2D eigenvalue weighted by atomic mass is 10.1. The van der Waals surface area contributed by atoms with Crippen molar-refractivity contribution in [2.75, 3.05) is 25.4 Å². The van der Waals surface area contributed by atoms with E-state index in [1.807, 2.05) is 36.4 Å². The lowest BCUT2D eigenvalue weighted by Crippen LogP contribution is -2.27. The quantitative estimate of drug-likeness (QED) is 0.658. The molecule has 0 aliphatic carbocycles. The number of rotatable bonds is 6. The number of Topliss-reactive ketones (excluding diaryl/α,β-unsaturated/α-hetero) is 1. The number of anilines is 1. The molecule has 1 saturated heterocycles. The van der Waals surface area contributed by atoms with Crippen LogP contribution >= 0.6 is 0 Å². The molecule has 0 amide bonds. The number of hydrogen-bond acceptors (Lipinski definition) is 4. The highest BCUT2D eigenvalue weighted by Crippen LogP contribution is 2.22. The van der Waals surface area contributed by atoms with E-state index in [4.69, 9.17) is 10.5 Å². The minimum Gasteiger partial charge on any atom is -0.489 e. The van der Waals surface area contributed by atoms with Crippen molar-refractivity contribution in [2.45, 2.75) is 19.4 Å². The van der Waals surface area contributed by atoms with E-state index in [9.17, 15) is 4.79 Å². The second-order valence-corrected chi connectivity index (χ2v) is 5.93. The van der Waals surface area contributed by atoms with E-state index in [0.29, 0.717) is 30.2 Å². The molecule has 1 fully saturated rings. The zero-order valence-electron chi connectivity index (χ0n) is 13.2. The number of nitrogen functional groups attached to an aromatic ring is 1. The van der Waals surface area contributed by atoms with Gasteiger partial charge in [0.15, 0.2) is 5.78 Å². The molecule has 0 bridgehead atoms. The Balaban J connectivity index is 1.67. The van der Waals surface area contributed by atoms with Crippen LogP contribution in [0.25, 0.3) is 0 Å². The van der Waals surface area contributed by atoms with Crippen molar-refractivity contribution in [2.24, 2.45) is 0 Å². The maximum atomic E-state index is 12.5. The van der Waals surface area contributed by atoms with E-state index in [1.165, 1.54) is 12.8 Å². The van der Waals surface area contributed by atoms with Gasteiger partial charge in [0, 0.05) is 11.3 Å². The Morgan fingerprint density at radius 3 is 2.57 bits per heavy atom. The zero-order chi connectivity index (χ0) is 16.1. The van der Waals surface area contributed by atoms with E-state index in [2.05, 4.69) is 4.90 Å². The van der Waals surface area contributed by atoms with Gasteiger partial charge in [0.1, 0.15) is 12.4 Å². The summed E-state index contributed by atoms with van der Waals surface area (Å²) in [5, 5.41) is 0. The van der Waals surface area contributed by atoms with Gasteiger partial charge in [-0.3, -0.25) is 9.69 Å². The number of carbonyl (C=O) groups is 1. The molecule has 0 spiro atoms. The molecule has 0 aromatic heterocycles. The number of ether oxygens (including phenoxy) is 1. The summed E-state index contributed by atoms with van der Waals surface area (Å²) in [6.45, 7) is 2.91. The van der Waals surface area contributed by atoms with Crippen LogP contribution in [0.15, 0.2) is 48.5 Å². The van der Waals surface area contributed by atoms with Gasteiger partial charge in [-0.1, -0.05) is 30.3 Å². The van der Waals surface area contributed by atoms with Crippen LogP contribution in [-0.2, 0) is 6.61 Å². The summed E-state index contributed by atoms with van der Waals surface area (Å²) >= 11 is 0. The fraction of sp³-hybridized carbons (Fsp3) is 0.316. The Bertz CT molecular complexity index is 664. The molecule has 0 radical (unpaired) electrons. The fourth-order valence-electron chi connectivity index (χ4n) is 2.84. The van der Waals surface area contributed by atoms with Crippen LogP contribution in [0, 0.1) is 0 Å². The van der Waals surface area contributed by atoms with Gasteiger partial charge in [-0.2, -0.15) is 0 Å². The highest BCUT2D eigenvalue weighted by atomic mass is 16.5. The molecular formula is C19H22N2O2. The average molecular weight is 310 g/mol. The molecule has 23 heavy (non-hydrogen) atoms. The molecule has 2 aromatic carbocycles. The van der Waals surface area contributed by atoms with Gasteiger partial charge in [0.2, 0.25) is 0 Å². The SMILES string of the molecule is Nc1ccc(OCc2ccccc2)cc1C(=O)CN1CCCC1. The zero-order valence-corrected chi connectivity index (χ0v) is 13.2. The predicted molar refractivity (Wildman–Crippen MR) is 91.6 cm³/mol. The third-order valence-electron chi connectivity index (χ3n) is 4.14. The molecule has 0 unspecified atom stereocenters. The van der Waals surface area contributed by atoms with Gasteiger partial charge in [0.25, 0.3) is 0 Å². The molecular weight excluding hydrogens is 288 g/mol. The maximum Gasteiger partial charge on any atom is 0.179 e. The number of likely N-dealkylation sites (tertiary alicyclic amines) is 1. The van der Waals surface area contributed by atoms with Crippen molar-refractivity contribution in [1.29, 1.82) is 0 Å². The van der Waals surface area contributed by atoms with Crippen molar-refractivity contribution in [3.63, 3.8) is 0 Å². The molecule has 120 valence electrons. The van der Waals surface area contributed by atoms with E-state index >= 15 is 0 Å². The Morgan fingerprint density at radius 1 is 1.09 bits per heavy atom. The summed E-state index contributed by atoms with van der Waals surface area (Å²) in [6.07, 6.45) is 2.34. The number of ketones is 1. The van der Waals surface area contributed by atoms with Crippen LogP contribution < -0.4 is 10.5 Å². The van der Waals surface area contributed by atoms with E-state index in [-0.39, 0.29) is 5.78 Å². The second-order valence-electron chi connectivity index (χ2n) is 5.93. The van der Waals surface area contributed by atoms with Crippen molar-refractivity contribution < 1.29 is 9.53 Å². The van der Waals surface area contributed by atoms with Gasteiger partial charge in [-0.05, 0) is 49.7 Å². The van der Waals surface area contributed by atoms with Crippen LogP contribution in [0.3, 0.4) is 0 Å². The average Bonchev–Trinajstić information content (AvgIpc) is 3.08. The monoisotopic (exact) mass is 310 g/mol. The third kappa shape index (κ3) is 4.11. The van der Waals surface area contributed by atoms with E-state index in [0.717, 1.165) is 18.7 Å². The number of nitrogens with zero attached hydrogens (tertiary/aromatic N) is 1. The first-order chi connectivity index (χ1) is 11.2. The Labute approximate surface area is 136 Å². The summed E-state index contributed by atoms with van der Waals surface area (Å²) in [4.78, 5) is 14.7. The highest BCUT2D eigenvalue weighted by Gasteiger charge is 2.18. The minimum absolute atomic E-state index is 0.0644. The van der Waals surface area contributed by atoms with Crippen LogP contribution in [0.4, 0.5) is 5.69 Å². The Hall–Kier alpha value is -2.33. The first kappa shape index (κ1) is 15.6. The lowest BCUT2D eigenvalue weighted by molar-refractivity contribution is 0.0945. The number of nitrogens with two attached hydrogens (primary N) is 1.